The van der Waals surface area contributed by atoms with E-state index in [-0.39, 0.29) is 22.8 Å². The van der Waals surface area contributed by atoms with Crippen LogP contribution in [0.5, 0.6) is 5.75 Å². The van der Waals surface area contributed by atoms with Crippen LogP contribution in [-0.4, -0.2) is 37.6 Å². The highest BCUT2D eigenvalue weighted by Gasteiger charge is 2.40. The number of ether oxygens (including phenoxy) is 1. The SMILES string of the molecule is COc1cc(N2CCC3(CC2)CNC(=O)C3)ccc1[N+](=O)[O-]. The number of rotatable bonds is 3. The van der Waals surface area contributed by atoms with Gasteiger partial charge in [0.15, 0.2) is 5.75 Å². The summed E-state index contributed by atoms with van der Waals surface area (Å²) in [5.41, 5.74) is 0.998. The van der Waals surface area contributed by atoms with Crippen molar-refractivity contribution in [2.24, 2.45) is 5.41 Å². The van der Waals surface area contributed by atoms with Gasteiger partial charge in [-0.25, -0.2) is 0 Å². The van der Waals surface area contributed by atoms with Gasteiger partial charge in [0.1, 0.15) is 0 Å². The molecular weight excluding hydrogens is 286 g/mol. The Balaban J connectivity index is 1.74. The lowest BCUT2D eigenvalue weighted by Crippen LogP contribution is -2.41. The maximum atomic E-state index is 11.4. The number of nitrogens with zero attached hydrogens (tertiary/aromatic N) is 2. The van der Waals surface area contributed by atoms with Crippen LogP contribution in [-0.2, 0) is 4.79 Å². The predicted octanol–water partition coefficient (Wildman–Crippen LogP) is 1.71. The molecule has 0 atom stereocenters. The number of anilines is 1. The van der Waals surface area contributed by atoms with Crippen LogP contribution in [0.3, 0.4) is 0 Å². The standard InChI is InChI=1S/C15H19N3O4/c1-22-13-8-11(2-3-12(13)18(20)21)17-6-4-15(5-7-17)9-14(19)16-10-15/h2-3,8H,4-7,9-10H2,1H3,(H,16,19). The Hall–Kier alpha value is -2.31. The van der Waals surface area contributed by atoms with Crippen LogP contribution in [0.2, 0.25) is 0 Å². The highest BCUT2D eigenvalue weighted by molar-refractivity contribution is 5.79. The fraction of sp³-hybridized carbons (Fsp3) is 0.533. The zero-order valence-electron chi connectivity index (χ0n) is 12.5. The molecule has 1 spiro atoms. The van der Waals surface area contributed by atoms with E-state index in [1.807, 2.05) is 0 Å². The first kappa shape index (κ1) is 14.6. The third kappa shape index (κ3) is 2.58. The Labute approximate surface area is 128 Å². The van der Waals surface area contributed by atoms with E-state index in [4.69, 9.17) is 4.74 Å². The summed E-state index contributed by atoms with van der Waals surface area (Å²) in [7, 11) is 1.44. The highest BCUT2D eigenvalue weighted by Crippen LogP contribution is 2.40. The van der Waals surface area contributed by atoms with E-state index >= 15 is 0 Å². The minimum absolute atomic E-state index is 0.0229. The molecule has 2 aliphatic rings. The molecule has 1 amide bonds. The van der Waals surface area contributed by atoms with Crippen LogP contribution in [0, 0.1) is 15.5 Å². The molecule has 2 heterocycles. The van der Waals surface area contributed by atoms with E-state index in [1.165, 1.54) is 13.2 Å². The van der Waals surface area contributed by atoms with Crippen LogP contribution in [0.1, 0.15) is 19.3 Å². The molecule has 22 heavy (non-hydrogen) atoms. The molecule has 7 nitrogen and oxygen atoms in total. The summed E-state index contributed by atoms with van der Waals surface area (Å²) in [5, 5.41) is 13.9. The normalized spacial score (nSPS) is 20.0. The van der Waals surface area contributed by atoms with Crippen LogP contribution >= 0.6 is 0 Å². The maximum Gasteiger partial charge on any atom is 0.311 e. The molecule has 0 aromatic heterocycles. The van der Waals surface area contributed by atoms with E-state index in [0.717, 1.165) is 38.2 Å². The summed E-state index contributed by atoms with van der Waals surface area (Å²) in [4.78, 5) is 24.1. The molecule has 0 aliphatic carbocycles. The second-order valence-corrected chi connectivity index (χ2v) is 6.05. The first-order valence-electron chi connectivity index (χ1n) is 7.37. The molecular formula is C15H19N3O4. The molecule has 1 aromatic rings. The summed E-state index contributed by atoms with van der Waals surface area (Å²) < 4.78 is 5.12. The molecule has 2 saturated heterocycles. The van der Waals surface area contributed by atoms with Gasteiger partial charge in [0.25, 0.3) is 0 Å². The molecule has 0 bridgehead atoms. The molecule has 1 N–H and O–H groups in total. The number of carbonyl (C=O) groups excluding carboxylic acids is 1. The van der Waals surface area contributed by atoms with E-state index < -0.39 is 4.92 Å². The van der Waals surface area contributed by atoms with E-state index in [1.54, 1.807) is 12.1 Å². The third-order valence-electron chi connectivity index (χ3n) is 4.75. The first-order chi connectivity index (χ1) is 10.5. The van der Waals surface area contributed by atoms with Gasteiger partial charge in [0.2, 0.25) is 5.91 Å². The Bertz CT molecular complexity index is 609. The number of carbonyl (C=O) groups is 1. The quantitative estimate of drug-likeness (QED) is 0.679. The van der Waals surface area contributed by atoms with Gasteiger partial charge >= 0.3 is 5.69 Å². The number of benzene rings is 1. The molecule has 0 radical (unpaired) electrons. The van der Waals surface area contributed by atoms with Gasteiger partial charge < -0.3 is 15.0 Å². The average molecular weight is 305 g/mol. The lowest BCUT2D eigenvalue weighted by atomic mass is 9.77. The van der Waals surface area contributed by atoms with Crippen LogP contribution < -0.4 is 15.0 Å². The minimum Gasteiger partial charge on any atom is -0.490 e. The van der Waals surface area contributed by atoms with Gasteiger partial charge in [-0.1, -0.05) is 0 Å². The van der Waals surface area contributed by atoms with Gasteiger partial charge in [-0.2, -0.15) is 0 Å². The summed E-state index contributed by atoms with van der Waals surface area (Å²) >= 11 is 0. The number of piperidine rings is 1. The van der Waals surface area contributed by atoms with E-state index in [2.05, 4.69) is 10.2 Å². The van der Waals surface area contributed by atoms with Crippen molar-refractivity contribution in [2.75, 3.05) is 31.6 Å². The van der Waals surface area contributed by atoms with Crippen LogP contribution in [0.4, 0.5) is 11.4 Å². The highest BCUT2D eigenvalue weighted by atomic mass is 16.6. The molecule has 0 saturated carbocycles. The van der Waals surface area contributed by atoms with Crippen molar-refractivity contribution in [2.45, 2.75) is 19.3 Å². The first-order valence-corrected chi connectivity index (χ1v) is 7.37. The number of hydrogen-bond donors (Lipinski definition) is 1. The number of nitro benzene ring substituents is 1. The maximum absolute atomic E-state index is 11.4. The van der Waals surface area contributed by atoms with Crippen molar-refractivity contribution in [1.82, 2.24) is 5.32 Å². The molecule has 118 valence electrons. The topological polar surface area (TPSA) is 84.7 Å². The summed E-state index contributed by atoms with van der Waals surface area (Å²) in [6.45, 7) is 2.45. The second-order valence-electron chi connectivity index (χ2n) is 6.05. The number of nitro groups is 1. The zero-order chi connectivity index (χ0) is 15.7. The molecule has 1 aromatic carbocycles. The average Bonchev–Trinajstić information content (AvgIpc) is 2.88. The van der Waals surface area contributed by atoms with Crippen molar-refractivity contribution in [3.63, 3.8) is 0 Å². The predicted molar refractivity (Wildman–Crippen MR) is 81.2 cm³/mol. The van der Waals surface area contributed by atoms with Gasteiger partial charge in [0, 0.05) is 43.9 Å². The Morgan fingerprint density at radius 1 is 1.36 bits per heavy atom. The van der Waals surface area contributed by atoms with Gasteiger partial charge in [-0.05, 0) is 24.3 Å². The number of nitrogens with one attached hydrogen (secondary N) is 1. The lowest BCUT2D eigenvalue weighted by molar-refractivity contribution is -0.385. The van der Waals surface area contributed by atoms with Gasteiger partial charge in [0.05, 0.1) is 12.0 Å². The lowest BCUT2D eigenvalue weighted by Gasteiger charge is -2.39. The molecule has 2 fully saturated rings. The van der Waals surface area contributed by atoms with Crippen molar-refractivity contribution >= 4 is 17.3 Å². The van der Waals surface area contributed by atoms with Crippen molar-refractivity contribution in [1.29, 1.82) is 0 Å². The molecule has 3 rings (SSSR count). The molecule has 2 aliphatic heterocycles. The van der Waals surface area contributed by atoms with E-state index in [9.17, 15) is 14.9 Å². The monoisotopic (exact) mass is 305 g/mol. The molecule has 0 unspecified atom stereocenters. The largest absolute Gasteiger partial charge is 0.490 e. The summed E-state index contributed by atoms with van der Waals surface area (Å²) in [6.07, 6.45) is 2.51. The fourth-order valence-electron chi connectivity index (χ4n) is 3.36. The Kier molecular flexibility index (Phi) is 3.64. The third-order valence-corrected chi connectivity index (χ3v) is 4.75. The smallest absolute Gasteiger partial charge is 0.311 e. The summed E-state index contributed by atoms with van der Waals surface area (Å²) in [5.74, 6) is 0.422. The zero-order valence-corrected chi connectivity index (χ0v) is 12.5. The Morgan fingerprint density at radius 2 is 2.09 bits per heavy atom. The van der Waals surface area contributed by atoms with Gasteiger partial charge in [-0.3, -0.25) is 14.9 Å². The summed E-state index contributed by atoms with van der Waals surface area (Å²) in [6, 6.07) is 4.96. The van der Waals surface area contributed by atoms with Crippen molar-refractivity contribution in [3.8, 4) is 5.75 Å². The Morgan fingerprint density at radius 3 is 2.64 bits per heavy atom. The van der Waals surface area contributed by atoms with Crippen molar-refractivity contribution in [3.05, 3.63) is 28.3 Å². The number of hydrogen-bond acceptors (Lipinski definition) is 5. The minimum atomic E-state index is -0.441. The van der Waals surface area contributed by atoms with Gasteiger partial charge in [-0.15, -0.1) is 0 Å². The van der Waals surface area contributed by atoms with Crippen LogP contribution in [0.25, 0.3) is 0 Å². The number of amides is 1. The second kappa shape index (κ2) is 5.47. The number of methoxy groups -OCH3 is 1. The fourth-order valence-corrected chi connectivity index (χ4v) is 3.36. The van der Waals surface area contributed by atoms with Crippen LogP contribution in [0.15, 0.2) is 18.2 Å². The van der Waals surface area contributed by atoms with E-state index in [0.29, 0.717) is 6.42 Å². The van der Waals surface area contributed by atoms with Crippen molar-refractivity contribution < 1.29 is 14.5 Å². The molecule has 7 heteroatoms.